The molecule has 0 aliphatic heterocycles. The van der Waals surface area contributed by atoms with Gasteiger partial charge in [0.05, 0.1) is 17.7 Å². The average molecular weight is 344 g/mol. The highest BCUT2D eigenvalue weighted by Crippen LogP contribution is 2.27. The number of unbranched alkanes of at least 4 members (excludes halogenated alkanes) is 1. The topological polar surface area (TPSA) is 65.2 Å². The van der Waals surface area contributed by atoms with Crippen LogP contribution < -0.4 is 5.73 Å². The second-order valence-corrected chi connectivity index (χ2v) is 6.81. The summed E-state index contributed by atoms with van der Waals surface area (Å²) < 4.78 is 18.6. The van der Waals surface area contributed by atoms with Crippen molar-refractivity contribution in [1.29, 1.82) is 0 Å². The lowest BCUT2D eigenvalue weighted by Crippen LogP contribution is -2.29. The fraction of sp³-hybridized carbons (Fsp3) is 0.400. The summed E-state index contributed by atoms with van der Waals surface area (Å²) in [6, 6.07) is 10.6. The van der Waals surface area contributed by atoms with E-state index in [1.165, 1.54) is 6.07 Å². The molecule has 1 aromatic carbocycles. The second-order valence-electron chi connectivity index (χ2n) is 6.81. The maximum Gasteiger partial charge on any atom is 0.311 e. The molecule has 0 aliphatic rings. The van der Waals surface area contributed by atoms with Crippen molar-refractivity contribution in [1.82, 2.24) is 4.98 Å². The number of aromatic nitrogens is 1. The zero-order chi connectivity index (χ0) is 18.4. The Kier molecular flexibility index (Phi) is 6.12. The van der Waals surface area contributed by atoms with E-state index in [9.17, 15) is 9.18 Å². The number of nitrogen functional groups attached to an aromatic ring is 1. The molecule has 134 valence electrons. The van der Waals surface area contributed by atoms with Gasteiger partial charge in [-0.05, 0) is 50.5 Å². The van der Waals surface area contributed by atoms with Crippen molar-refractivity contribution < 1.29 is 13.9 Å². The Morgan fingerprint density at radius 1 is 1.28 bits per heavy atom. The minimum atomic E-state index is -0.623. The van der Waals surface area contributed by atoms with Crippen molar-refractivity contribution in [2.75, 3.05) is 12.3 Å². The van der Waals surface area contributed by atoms with Crippen molar-refractivity contribution in [2.45, 2.75) is 40.0 Å². The number of carbonyl (C=O) groups is 1. The third-order valence-corrected chi connectivity index (χ3v) is 4.03. The van der Waals surface area contributed by atoms with Gasteiger partial charge in [-0.3, -0.25) is 4.79 Å². The summed E-state index contributed by atoms with van der Waals surface area (Å²) in [5.41, 5.74) is 7.34. The Balaban J connectivity index is 2.15. The summed E-state index contributed by atoms with van der Waals surface area (Å²) in [5, 5.41) is 0. The highest BCUT2D eigenvalue weighted by Gasteiger charge is 2.29. The third-order valence-electron chi connectivity index (χ3n) is 4.03. The zero-order valence-corrected chi connectivity index (χ0v) is 15.0. The van der Waals surface area contributed by atoms with Crippen molar-refractivity contribution >= 4 is 11.8 Å². The molecule has 0 aliphatic carbocycles. The molecule has 0 fully saturated rings. The van der Waals surface area contributed by atoms with Gasteiger partial charge >= 0.3 is 5.97 Å². The standard InChI is InChI=1S/C20H25FN2O2/c1-4-5-11-25-19(24)20(2,3)13-14-7-6-8-15(12-14)17-10-9-16(21)18(22)23-17/h6-10,12H,4-5,11,13H2,1-3H3,(H2,22,23). The number of nitrogens with zero attached hydrogens (tertiary/aromatic N) is 1. The molecule has 0 radical (unpaired) electrons. The normalized spacial score (nSPS) is 11.4. The van der Waals surface area contributed by atoms with Crippen LogP contribution in [0.4, 0.5) is 10.2 Å². The minimum Gasteiger partial charge on any atom is -0.465 e. The van der Waals surface area contributed by atoms with E-state index in [4.69, 9.17) is 10.5 Å². The van der Waals surface area contributed by atoms with E-state index in [2.05, 4.69) is 11.9 Å². The fourth-order valence-electron chi connectivity index (χ4n) is 2.55. The molecule has 2 N–H and O–H groups in total. The highest BCUT2D eigenvalue weighted by atomic mass is 19.1. The SMILES string of the molecule is CCCCOC(=O)C(C)(C)Cc1cccc(-c2ccc(F)c(N)n2)c1. The maximum atomic E-state index is 13.3. The third kappa shape index (κ3) is 5.02. The van der Waals surface area contributed by atoms with Crippen LogP contribution in [0.5, 0.6) is 0 Å². The lowest BCUT2D eigenvalue weighted by Gasteiger charge is -2.23. The summed E-state index contributed by atoms with van der Waals surface area (Å²) in [6.45, 7) is 6.27. The summed E-state index contributed by atoms with van der Waals surface area (Å²) in [6.07, 6.45) is 2.40. The molecule has 0 spiro atoms. The number of hydrogen-bond donors (Lipinski definition) is 1. The molecule has 0 saturated carbocycles. The van der Waals surface area contributed by atoms with Crippen LogP contribution in [-0.2, 0) is 16.0 Å². The van der Waals surface area contributed by atoms with Crippen molar-refractivity contribution in [3.8, 4) is 11.3 Å². The Morgan fingerprint density at radius 3 is 2.72 bits per heavy atom. The van der Waals surface area contributed by atoms with Crippen LogP contribution in [0.15, 0.2) is 36.4 Å². The first kappa shape index (κ1) is 18.9. The summed E-state index contributed by atoms with van der Waals surface area (Å²) in [4.78, 5) is 16.4. The second kappa shape index (κ2) is 8.10. The molecule has 1 aromatic heterocycles. The molecular formula is C20H25FN2O2. The van der Waals surface area contributed by atoms with Gasteiger partial charge in [0.15, 0.2) is 11.6 Å². The molecule has 2 aromatic rings. The number of benzene rings is 1. The van der Waals surface area contributed by atoms with E-state index >= 15 is 0 Å². The number of nitrogens with two attached hydrogens (primary N) is 1. The van der Waals surface area contributed by atoms with Crippen LogP contribution >= 0.6 is 0 Å². The van der Waals surface area contributed by atoms with Gasteiger partial charge in [-0.25, -0.2) is 9.37 Å². The molecule has 0 saturated heterocycles. The van der Waals surface area contributed by atoms with Gasteiger partial charge in [-0.15, -0.1) is 0 Å². The Morgan fingerprint density at radius 2 is 2.04 bits per heavy atom. The van der Waals surface area contributed by atoms with Crippen LogP contribution in [-0.4, -0.2) is 17.6 Å². The number of anilines is 1. The number of esters is 1. The summed E-state index contributed by atoms with van der Waals surface area (Å²) in [7, 11) is 0. The molecule has 4 nitrogen and oxygen atoms in total. The van der Waals surface area contributed by atoms with Gasteiger partial charge in [0.1, 0.15) is 0 Å². The van der Waals surface area contributed by atoms with Gasteiger partial charge in [0.25, 0.3) is 0 Å². The molecule has 25 heavy (non-hydrogen) atoms. The first-order chi connectivity index (χ1) is 11.8. The zero-order valence-electron chi connectivity index (χ0n) is 15.0. The van der Waals surface area contributed by atoms with E-state index < -0.39 is 11.2 Å². The largest absolute Gasteiger partial charge is 0.465 e. The first-order valence-electron chi connectivity index (χ1n) is 8.52. The van der Waals surface area contributed by atoms with Gasteiger partial charge in [0, 0.05) is 5.56 Å². The predicted molar refractivity (Wildman–Crippen MR) is 97.4 cm³/mol. The van der Waals surface area contributed by atoms with Gasteiger partial charge in [-0.2, -0.15) is 0 Å². The smallest absolute Gasteiger partial charge is 0.311 e. The predicted octanol–water partition coefficient (Wildman–Crippen LogP) is 4.38. The number of halogens is 1. The number of carbonyl (C=O) groups excluding carboxylic acids is 1. The lowest BCUT2D eigenvalue weighted by atomic mass is 9.85. The number of hydrogen-bond acceptors (Lipinski definition) is 4. The Hall–Kier alpha value is -2.43. The van der Waals surface area contributed by atoms with Crippen molar-refractivity contribution in [2.24, 2.45) is 5.41 Å². The van der Waals surface area contributed by atoms with Crippen molar-refractivity contribution in [3.63, 3.8) is 0 Å². The Labute approximate surface area is 148 Å². The number of rotatable bonds is 7. The molecule has 0 unspecified atom stereocenters. The quantitative estimate of drug-likeness (QED) is 0.598. The van der Waals surface area contributed by atoms with Crippen LogP contribution in [0.1, 0.15) is 39.2 Å². The highest BCUT2D eigenvalue weighted by molar-refractivity contribution is 5.76. The van der Waals surface area contributed by atoms with E-state index in [0.29, 0.717) is 18.7 Å². The van der Waals surface area contributed by atoms with E-state index in [1.807, 2.05) is 38.1 Å². The lowest BCUT2D eigenvalue weighted by molar-refractivity contribution is -0.154. The average Bonchev–Trinajstić information content (AvgIpc) is 2.57. The maximum absolute atomic E-state index is 13.3. The van der Waals surface area contributed by atoms with Crippen LogP contribution in [0.25, 0.3) is 11.3 Å². The van der Waals surface area contributed by atoms with Crippen LogP contribution in [0.2, 0.25) is 0 Å². The van der Waals surface area contributed by atoms with E-state index in [0.717, 1.165) is 24.0 Å². The molecular weight excluding hydrogens is 319 g/mol. The Bertz CT molecular complexity index is 744. The summed E-state index contributed by atoms with van der Waals surface area (Å²) >= 11 is 0. The summed E-state index contributed by atoms with van der Waals surface area (Å²) in [5.74, 6) is -0.853. The molecule has 2 rings (SSSR count). The molecule has 0 bridgehead atoms. The molecule has 0 amide bonds. The van der Waals surface area contributed by atoms with Gasteiger partial charge in [-0.1, -0.05) is 31.5 Å². The fourth-order valence-corrected chi connectivity index (χ4v) is 2.55. The molecule has 1 heterocycles. The van der Waals surface area contributed by atoms with Crippen LogP contribution in [0, 0.1) is 11.2 Å². The van der Waals surface area contributed by atoms with Gasteiger partial charge < -0.3 is 10.5 Å². The van der Waals surface area contributed by atoms with Crippen LogP contribution in [0.3, 0.4) is 0 Å². The number of ether oxygens (including phenoxy) is 1. The van der Waals surface area contributed by atoms with Crippen molar-refractivity contribution in [3.05, 3.63) is 47.8 Å². The number of pyridine rings is 1. The van der Waals surface area contributed by atoms with E-state index in [1.54, 1.807) is 6.07 Å². The minimum absolute atomic E-state index is 0.122. The first-order valence-corrected chi connectivity index (χ1v) is 8.52. The molecule has 5 heteroatoms. The van der Waals surface area contributed by atoms with E-state index in [-0.39, 0.29) is 11.8 Å². The van der Waals surface area contributed by atoms with Gasteiger partial charge in [0.2, 0.25) is 0 Å². The monoisotopic (exact) mass is 344 g/mol. The molecule has 0 atom stereocenters.